The first-order chi connectivity index (χ1) is 21.7. The number of hydrogen-bond donors (Lipinski definition) is 0. The second kappa shape index (κ2) is 28.4. The molecule has 45 heavy (non-hydrogen) atoms. The molecular formula is C42H66N2Pd. The zero-order chi connectivity index (χ0) is 31.5. The zero-order valence-corrected chi connectivity index (χ0v) is 31.1. The Morgan fingerprint density at radius 3 is 1.84 bits per heavy atom. The molecule has 0 fully saturated rings. The van der Waals surface area contributed by atoms with Gasteiger partial charge in [-0.05, 0) is 106 Å². The van der Waals surface area contributed by atoms with Crippen LogP contribution in [0.25, 0.3) is 0 Å². The van der Waals surface area contributed by atoms with Crippen LogP contribution in [0.2, 0.25) is 0 Å². The summed E-state index contributed by atoms with van der Waals surface area (Å²) in [7, 11) is 0. The molecule has 0 bridgehead atoms. The Morgan fingerprint density at radius 2 is 1.13 bits per heavy atom. The molecule has 0 spiro atoms. The summed E-state index contributed by atoms with van der Waals surface area (Å²) < 4.78 is 0. The van der Waals surface area contributed by atoms with Gasteiger partial charge in [0.05, 0.1) is 17.1 Å². The Balaban J connectivity index is 0.0000101. The van der Waals surface area contributed by atoms with Gasteiger partial charge in [-0.1, -0.05) is 135 Å². The Kier molecular flexibility index (Phi) is 26.0. The summed E-state index contributed by atoms with van der Waals surface area (Å²) in [6.07, 6.45) is 34.3. The Morgan fingerprint density at radius 1 is 0.556 bits per heavy atom. The van der Waals surface area contributed by atoms with Crippen LogP contribution < -0.4 is 0 Å². The molecule has 0 aliphatic carbocycles. The van der Waals surface area contributed by atoms with Crippen LogP contribution in [-0.2, 0) is 39.7 Å². The summed E-state index contributed by atoms with van der Waals surface area (Å²) in [5.74, 6) is 0. The maximum atomic E-state index is 5.25. The number of allylic oxidation sites excluding steroid dienone is 2. The SMILES string of the molecule is CCCCCCC/C=C/CCCc1ccccc1/N=C(/C=N/c1ccc(CCCC)c(CCCC)c1)CCCCCCCC.[Pd]. The quantitative estimate of drug-likeness (QED) is 0.0403. The minimum Gasteiger partial charge on any atom is -0.255 e. The first-order valence-electron chi connectivity index (χ1n) is 18.7. The van der Waals surface area contributed by atoms with E-state index in [1.807, 2.05) is 0 Å². The number of aliphatic imine (C=N–C) groups is 2. The van der Waals surface area contributed by atoms with Gasteiger partial charge in [0.25, 0.3) is 0 Å². The van der Waals surface area contributed by atoms with Gasteiger partial charge in [-0.25, -0.2) is 0 Å². The van der Waals surface area contributed by atoms with E-state index < -0.39 is 0 Å². The molecule has 2 rings (SSSR count). The van der Waals surface area contributed by atoms with Gasteiger partial charge in [0, 0.05) is 26.6 Å². The fourth-order valence-electron chi connectivity index (χ4n) is 5.79. The second-order valence-electron chi connectivity index (χ2n) is 12.7. The van der Waals surface area contributed by atoms with Crippen LogP contribution in [0, 0.1) is 0 Å². The monoisotopic (exact) mass is 704 g/mol. The summed E-state index contributed by atoms with van der Waals surface area (Å²) in [5.41, 5.74) is 7.66. The number of para-hydroxylation sites is 1. The number of unbranched alkanes of at least 4 members (excludes halogenated alkanes) is 13. The molecule has 0 heterocycles. The van der Waals surface area contributed by atoms with Gasteiger partial charge in [-0.15, -0.1) is 0 Å². The molecule has 2 nitrogen and oxygen atoms in total. The van der Waals surface area contributed by atoms with Crippen molar-refractivity contribution in [3.8, 4) is 0 Å². The van der Waals surface area contributed by atoms with Gasteiger partial charge < -0.3 is 0 Å². The first kappa shape index (κ1) is 41.2. The normalized spacial score (nSPS) is 12.0. The van der Waals surface area contributed by atoms with Crippen molar-refractivity contribution in [2.45, 2.75) is 169 Å². The van der Waals surface area contributed by atoms with Gasteiger partial charge in [0.1, 0.15) is 0 Å². The minimum atomic E-state index is 0. The van der Waals surface area contributed by atoms with Crippen LogP contribution in [0.1, 0.15) is 166 Å². The maximum absolute atomic E-state index is 5.25. The molecule has 254 valence electrons. The van der Waals surface area contributed by atoms with E-state index in [1.165, 1.54) is 132 Å². The van der Waals surface area contributed by atoms with Crippen molar-refractivity contribution >= 4 is 23.3 Å². The molecule has 0 unspecified atom stereocenters. The molecule has 0 N–H and O–H groups in total. The third kappa shape index (κ3) is 19.4. The molecular weight excluding hydrogens is 639 g/mol. The average molecular weight is 705 g/mol. The Hall–Kier alpha value is -1.82. The van der Waals surface area contributed by atoms with Gasteiger partial charge in [0.2, 0.25) is 0 Å². The largest absolute Gasteiger partial charge is 0.255 e. The molecule has 0 amide bonds. The topological polar surface area (TPSA) is 24.7 Å². The summed E-state index contributed by atoms with van der Waals surface area (Å²) in [6, 6.07) is 15.6. The van der Waals surface area contributed by atoms with Crippen LogP contribution in [0.15, 0.2) is 64.6 Å². The first-order valence-corrected chi connectivity index (χ1v) is 18.7. The molecule has 0 radical (unpaired) electrons. The predicted molar refractivity (Wildman–Crippen MR) is 199 cm³/mol. The van der Waals surface area contributed by atoms with Crippen molar-refractivity contribution in [3.05, 3.63) is 71.3 Å². The standard InChI is InChI=1S/C42H66N2.Pd/c1-5-9-13-15-17-18-19-20-21-23-29-38-30-25-26-32-42(38)44-41(31-24-22-16-14-10-6-2)36-43-40-34-33-37(27-11-7-3)39(35-40)28-12-8-4;/h19-20,25-26,30,32-36H,5-18,21-24,27-29,31H2,1-4H3;/b20-19+,43-36+,44-41+;. The molecule has 0 saturated heterocycles. The molecule has 0 aliphatic heterocycles. The van der Waals surface area contributed by atoms with Crippen LogP contribution in [0.3, 0.4) is 0 Å². The zero-order valence-electron chi connectivity index (χ0n) is 29.5. The fourth-order valence-corrected chi connectivity index (χ4v) is 5.79. The van der Waals surface area contributed by atoms with E-state index in [0.29, 0.717) is 0 Å². The van der Waals surface area contributed by atoms with Crippen molar-refractivity contribution < 1.29 is 20.4 Å². The number of nitrogens with zero attached hydrogens (tertiary/aromatic N) is 2. The summed E-state index contributed by atoms with van der Waals surface area (Å²) >= 11 is 0. The number of aryl methyl sites for hydroxylation is 3. The van der Waals surface area contributed by atoms with Crippen molar-refractivity contribution in [2.24, 2.45) is 9.98 Å². The molecule has 0 aromatic heterocycles. The van der Waals surface area contributed by atoms with Crippen molar-refractivity contribution in [2.75, 3.05) is 0 Å². The smallest absolute Gasteiger partial charge is 0.0665 e. The van der Waals surface area contributed by atoms with E-state index in [9.17, 15) is 0 Å². The van der Waals surface area contributed by atoms with E-state index in [0.717, 1.165) is 42.8 Å². The van der Waals surface area contributed by atoms with Gasteiger partial charge in [0.15, 0.2) is 0 Å². The Bertz CT molecular complexity index is 1080. The van der Waals surface area contributed by atoms with E-state index >= 15 is 0 Å². The van der Waals surface area contributed by atoms with E-state index in [4.69, 9.17) is 9.98 Å². The van der Waals surface area contributed by atoms with E-state index in [2.05, 4.69) is 88.5 Å². The van der Waals surface area contributed by atoms with Gasteiger partial charge in [-0.3, -0.25) is 9.98 Å². The molecule has 0 aliphatic rings. The average Bonchev–Trinajstić information content (AvgIpc) is 3.05. The molecule has 0 saturated carbocycles. The summed E-state index contributed by atoms with van der Waals surface area (Å²) in [4.78, 5) is 10.3. The third-order valence-corrected chi connectivity index (χ3v) is 8.65. The van der Waals surface area contributed by atoms with Gasteiger partial charge >= 0.3 is 0 Å². The van der Waals surface area contributed by atoms with E-state index in [-0.39, 0.29) is 20.4 Å². The summed E-state index contributed by atoms with van der Waals surface area (Å²) in [6.45, 7) is 9.13. The second-order valence-corrected chi connectivity index (χ2v) is 12.7. The van der Waals surface area contributed by atoms with Crippen molar-refractivity contribution in [1.29, 1.82) is 0 Å². The van der Waals surface area contributed by atoms with Crippen LogP contribution >= 0.6 is 0 Å². The number of hydrogen-bond acceptors (Lipinski definition) is 2. The number of benzene rings is 2. The molecule has 3 heteroatoms. The predicted octanol–water partition coefficient (Wildman–Crippen LogP) is 13.8. The van der Waals surface area contributed by atoms with Crippen molar-refractivity contribution in [1.82, 2.24) is 0 Å². The van der Waals surface area contributed by atoms with Crippen LogP contribution in [0.4, 0.5) is 11.4 Å². The minimum absolute atomic E-state index is 0. The van der Waals surface area contributed by atoms with Gasteiger partial charge in [-0.2, -0.15) is 0 Å². The van der Waals surface area contributed by atoms with Crippen molar-refractivity contribution in [3.63, 3.8) is 0 Å². The third-order valence-electron chi connectivity index (χ3n) is 8.65. The van der Waals surface area contributed by atoms with E-state index in [1.54, 1.807) is 0 Å². The number of rotatable bonds is 26. The summed E-state index contributed by atoms with van der Waals surface area (Å²) in [5, 5.41) is 0. The molecule has 2 aromatic carbocycles. The Labute approximate surface area is 292 Å². The van der Waals surface area contributed by atoms with Crippen LogP contribution in [-0.4, -0.2) is 11.9 Å². The van der Waals surface area contributed by atoms with Crippen LogP contribution in [0.5, 0.6) is 0 Å². The maximum Gasteiger partial charge on any atom is 0.0665 e. The fraction of sp³-hybridized carbons (Fsp3) is 0.619. The molecule has 2 aromatic rings. The molecule has 0 atom stereocenters.